The van der Waals surface area contributed by atoms with Gasteiger partial charge in [-0.2, -0.15) is 0 Å². The second-order valence-corrected chi connectivity index (χ2v) is 5.16. The van der Waals surface area contributed by atoms with Crippen LogP contribution >= 0.6 is 11.3 Å². The zero-order valence-electron chi connectivity index (χ0n) is 10.5. The molecule has 1 aromatic rings. The van der Waals surface area contributed by atoms with Crippen molar-refractivity contribution < 1.29 is 14.7 Å². The maximum Gasteiger partial charge on any atom is 0.315 e. The van der Waals surface area contributed by atoms with Crippen molar-refractivity contribution in [3.8, 4) is 0 Å². The summed E-state index contributed by atoms with van der Waals surface area (Å²) in [6.45, 7) is 4.49. The van der Waals surface area contributed by atoms with Crippen LogP contribution in [0.15, 0.2) is 11.4 Å². The lowest BCUT2D eigenvalue weighted by molar-refractivity contribution is -0.141. The van der Waals surface area contributed by atoms with Crippen LogP contribution in [0.2, 0.25) is 0 Å². The van der Waals surface area contributed by atoms with E-state index in [4.69, 9.17) is 5.11 Å². The van der Waals surface area contributed by atoms with Gasteiger partial charge in [0.2, 0.25) is 0 Å². The highest BCUT2D eigenvalue weighted by Gasteiger charge is 2.10. The van der Waals surface area contributed by atoms with E-state index < -0.39 is 11.9 Å². The Bertz CT molecular complexity index is 417. The van der Waals surface area contributed by atoms with Crippen LogP contribution in [-0.2, 0) is 11.3 Å². The molecule has 0 aliphatic rings. The quantitative estimate of drug-likeness (QED) is 0.739. The molecule has 0 bridgehead atoms. The highest BCUT2D eigenvalue weighted by molar-refractivity contribution is 7.10. The lowest BCUT2D eigenvalue weighted by Gasteiger charge is -2.09. The third-order valence-corrected chi connectivity index (χ3v) is 3.69. The molecule has 0 aliphatic carbocycles. The van der Waals surface area contributed by atoms with E-state index in [9.17, 15) is 9.59 Å². The van der Waals surface area contributed by atoms with Crippen molar-refractivity contribution in [1.29, 1.82) is 0 Å². The number of amides is 2. The normalized spacial score (nSPS) is 11.9. The van der Waals surface area contributed by atoms with Crippen molar-refractivity contribution in [3.05, 3.63) is 21.9 Å². The van der Waals surface area contributed by atoms with E-state index >= 15 is 0 Å². The number of carbonyl (C=O) groups excluding carboxylic acids is 1. The number of urea groups is 1. The molecule has 0 saturated carbocycles. The molecule has 18 heavy (non-hydrogen) atoms. The molecule has 1 heterocycles. The maximum atomic E-state index is 11.4. The molecule has 1 aromatic heterocycles. The Hall–Kier alpha value is -1.56. The zero-order valence-corrected chi connectivity index (χ0v) is 11.3. The van der Waals surface area contributed by atoms with Gasteiger partial charge in [0, 0.05) is 11.4 Å². The molecule has 6 heteroatoms. The van der Waals surface area contributed by atoms with E-state index in [-0.39, 0.29) is 6.03 Å². The number of nitrogens with one attached hydrogen (secondary N) is 2. The molecule has 0 saturated heterocycles. The maximum absolute atomic E-state index is 11.4. The van der Waals surface area contributed by atoms with Gasteiger partial charge in [-0.25, -0.2) is 4.79 Å². The minimum absolute atomic E-state index is 0.264. The third kappa shape index (κ3) is 4.75. The highest BCUT2D eigenvalue weighted by atomic mass is 32.1. The van der Waals surface area contributed by atoms with Gasteiger partial charge in [-0.15, -0.1) is 11.3 Å². The zero-order chi connectivity index (χ0) is 13.5. The van der Waals surface area contributed by atoms with Crippen molar-refractivity contribution in [2.75, 3.05) is 6.54 Å². The van der Waals surface area contributed by atoms with Crippen LogP contribution in [0.25, 0.3) is 0 Å². The summed E-state index contributed by atoms with van der Waals surface area (Å²) in [6.07, 6.45) is 0.431. The Morgan fingerprint density at radius 3 is 2.72 bits per heavy atom. The van der Waals surface area contributed by atoms with Crippen LogP contribution in [0.1, 0.15) is 23.8 Å². The Morgan fingerprint density at radius 1 is 1.44 bits per heavy atom. The Morgan fingerprint density at radius 2 is 2.17 bits per heavy atom. The fourth-order valence-corrected chi connectivity index (χ4v) is 2.18. The van der Waals surface area contributed by atoms with Crippen LogP contribution < -0.4 is 10.6 Å². The lowest BCUT2D eigenvalue weighted by Crippen LogP contribution is -2.36. The summed E-state index contributed by atoms with van der Waals surface area (Å²) < 4.78 is 0. The van der Waals surface area contributed by atoms with Gasteiger partial charge in [-0.1, -0.05) is 6.92 Å². The first-order chi connectivity index (χ1) is 8.50. The molecule has 0 aromatic carbocycles. The van der Waals surface area contributed by atoms with E-state index in [0.717, 1.165) is 4.88 Å². The second-order valence-electron chi connectivity index (χ2n) is 4.16. The average molecular weight is 270 g/mol. The molecule has 100 valence electrons. The lowest BCUT2D eigenvalue weighted by atomic mass is 10.1. The monoisotopic (exact) mass is 270 g/mol. The van der Waals surface area contributed by atoms with Crippen LogP contribution in [0.5, 0.6) is 0 Å². The van der Waals surface area contributed by atoms with E-state index in [1.165, 1.54) is 5.56 Å². The minimum Gasteiger partial charge on any atom is -0.481 e. The number of hydrogen-bond acceptors (Lipinski definition) is 3. The summed E-state index contributed by atoms with van der Waals surface area (Å²) in [5.41, 5.74) is 1.17. The summed E-state index contributed by atoms with van der Waals surface area (Å²) in [5.74, 6) is -1.28. The molecule has 0 fully saturated rings. The first-order valence-electron chi connectivity index (χ1n) is 5.78. The smallest absolute Gasteiger partial charge is 0.315 e. The Balaban J connectivity index is 2.19. The van der Waals surface area contributed by atoms with Gasteiger partial charge in [0.15, 0.2) is 0 Å². The fourth-order valence-electron chi connectivity index (χ4n) is 1.33. The predicted octanol–water partition coefficient (Wildman–Crippen LogP) is 1.97. The molecule has 3 N–H and O–H groups in total. The standard InChI is InChI=1S/C12H18N2O3S/c1-8-4-6-18-10(8)7-14-12(17)13-5-3-9(2)11(15)16/h4,6,9H,3,5,7H2,1-2H3,(H,15,16)(H2,13,14,17). The molecule has 0 spiro atoms. The van der Waals surface area contributed by atoms with Crippen molar-refractivity contribution in [2.24, 2.45) is 5.92 Å². The van der Waals surface area contributed by atoms with Gasteiger partial charge < -0.3 is 15.7 Å². The molecule has 0 radical (unpaired) electrons. The number of thiophene rings is 1. The molecule has 1 rings (SSSR count). The number of carbonyl (C=O) groups is 2. The van der Waals surface area contributed by atoms with Gasteiger partial charge in [-0.05, 0) is 30.4 Å². The predicted molar refractivity (Wildman–Crippen MR) is 70.7 cm³/mol. The molecule has 1 unspecified atom stereocenters. The first kappa shape index (κ1) is 14.5. The van der Waals surface area contributed by atoms with Crippen molar-refractivity contribution >= 4 is 23.3 Å². The van der Waals surface area contributed by atoms with Crippen molar-refractivity contribution in [1.82, 2.24) is 10.6 Å². The van der Waals surface area contributed by atoms with Gasteiger partial charge in [0.05, 0.1) is 12.5 Å². The van der Waals surface area contributed by atoms with E-state index in [1.807, 2.05) is 18.4 Å². The molecule has 5 nitrogen and oxygen atoms in total. The SMILES string of the molecule is Cc1ccsc1CNC(=O)NCCC(C)C(=O)O. The van der Waals surface area contributed by atoms with Crippen molar-refractivity contribution in [2.45, 2.75) is 26.8 Å². The van der Waals surface area contributed by atoms with Gasteiger partial charge >= 0.3 is 12.0 Å². The van der Waals surface area contributed by atoms with E-state index in [0.29, 0.717) is 19.5 Å². The van der Waals surface area contributed by atoms with Crippen molar-refractivity contribution in [3.63, 3.8) is 0 Å². The van der Waals surface area contributed by atoms with Gasteiger partial charge in [-0.3, -0.25) is 4.79 Å². The average Bonchev–Trinajstić information content (AvgIpc) is 2.72. The van der Waals surface area contributed by atoms with Crippen LogP contribution in [-0.4, -0.2) is 23.7 Å². The van der Waals surface area contributed by atoms with Crippen LogP contribution in [0.4, 0.5) is 4.79 Å². The summed E-state index contributed by atoms with van der Waals surface area (Å²) in [6, 6.07) is 1.74. The number of hydrogen-bond donors (Lipinski definition) is 3. The van der Waals surface area contributed by atoms with Crippen LogP contribution in [0, 0.1) is 12.8 Å². The Labute approximate surface area is 110 Å². The topological polar surface area (TPSA) is 78.4 Å². The number of carboxylic acids is 1. The largest absolute Gasteiger partial charge is 0.481 e. The van der Waals surface area contributed by atoms with Crippen LogP contribution in [0.3, 0.4) is 0 Å². The molecule has 2 amide bonds. The fraction of sp³-hybridized carbons (Fsp3) is 0.500. The third-order valence-electron chi connectivity index (χ3n) is 2.66. The molecule has 1 atom stereocenters. The minimum atomic E-state index is -0.841. The number of aryl methyl sites for hydroxylation is 1. The summed E-state index contributed by atoms with van der Waals surface area (Å²) in [5, 5.41) is 16.0. The molecular weight excluding hydrogens is 252 g/mol. The summed E-state index contributed by atoms with van der Waals surface area (Å²) in [7, 11) is 0. The molecular formula is C12H18N2O3S. The molecule has 0 aliphatic heterocycles. The van der Waals surface area contributed by atoms with Gasteiger partial charge in [0.1, 0.15) is 0 Å². The Kier molecular flexibility index (Phi) is 5.64. The summed E-state index contributed by atoms with van der Waals surface area (Å²) in [4.78, 5) is 23.1. The summed E-state index contributed by atoms with van der Waals surface area (Å²) >= 11 is 1.60. The number of rotatable bonds is 6. The first-order valence-corrected chi connectivity index (χ1v) is 6.66. The van der Waals surface area contributed by atoms with Gasteiger partial charge in [0.25, 0.3) is 0 Å². The van der Waals surface area contributed by atoms with E-state index in [2.05, 4.69) is 10.6 Å². The second kappa shape index (κ2) is 7.00. The number of aliphatic carboxylic acids is 1. The van der Waals surface area contributed by atoms with E-state index in [1.54, 1.807) is 18.3 Å². The highest BCUT2D eigenvalue weighted by Crippen LogP contribution is 2.14. The number of carboxylic acid groups (broad SMARTS) is 1.